The summed E-state index contributed by atoms with van der Waals surface area (Å²) in [6, 6.07) is 6.50. The summed E-state index contributed by atoms with van der Waals surface area (Å²) in [7, 11) is 0. The lowest BCUT2D eigenvalue weighted by Crippen LogP contribution is -1.96. The van der Waals surface area contributed by atoms with Crippen molar-refractivity contribution in [2.24, 2.45) is 0 Å². The fourth-order valence-electron chi connectivity index (χ4n) is 1.42. The summed E-state index contributed by atoms with van der Waals surface area (Å²) >= 11 is 9.10. The predicted molar refractivity (Wildman–Crippen MR) is 74.9 cm³/mol. The van der Waals surface area contributed by atoms with Crippen LogP contribution in [0.15, 0.2) is 34.9 Å². The molecule has 5 nitrogen and oxygen atoms in total. The third-order valence-electron chi connectivity index (χ3n) is 2.29. The molecule has 0 N–H and O–H groups in total. The molecule has 0 bridgehead atoms. The Labute approximate surface area is 122 Å². The third kappa shape index (κ3) is 3.21. The number of pyridine rings is 1. The number of hydrogen-bond acceptors (Lipinski definition) is 4. The Morgan fingerprint density at radius 1 is 1.42 bits per heavy atom. The summed E-state index contributed by atoms with van der Waals surface area (Å²) in [6.45, 7) is 1.87. The van der Waals surface area contributed by atoms with E-state index >= 15 is 0 Å². The fourth-order valence-corrected chi connectivity index (χ4v) is 1.89. The molecule has 0 aliphatic carbocycles. The standard InChI is InChI=1S/C12H8BrClN2O3/c1-7-2-3-9(14)11(4-7)19-12-10(16(17)18)5-8(13)6-15-12/h2-6H,1H3. The summed E-state index contributed by atoms with van der Waals surface area (Å²) in [6.07, 6.45) is 1.42. The Kier molecular flexibility index (Phi) is 4.01. The molecule has 0 atom stereocenters. The third-order valence-corrected chi connectivity index (χ3v) is 3.03. The molecule has 0 saturated carbocycles. The molecule has 0 aliphatic rings. The maximum Gasteiger partial charge on any atom is 0.332 e. The van der Waals surface area contributed by atoms with Gasteiger partial charge in [-0.25, -0.2) is 4.98 Å². The summed E-state index contributed by atoms with van der Waals surface area (Å²) in [5.74, 6) is 0.236. The molecule has 2 aromatic rings. The van der Waals surface area contributed by atoms with Gasteiger partial charge in [0.2, 0.25) is 0 Å². The number of benzene rings is 1. The Balaban J connectivity index is 2.43. The summed E-state index contributed by atoms with van der Waals surface area (Å²) < 4.78 is 5.93. The molecule has 7 heteroatoms. The highest BCUT2D eigenvalue weighted by Gasteiger charge is 2.19. The predicted octanol–water partition coefficient (Wildman–Crippen LogP) is 4.51. The van der Waals surface area contributed by atoms with E-state index in [0.29, 0.717) is 15.2 Å². The van der Waals surface area contributed by atoms with Crippen molar-refractivity contribution in [2.75, 3.05) is 0 Å². The molecular weight excluding hydrogens is 336 g/mol. The molecule has 0 aliphatic heterocycles. The summed E-state index contributed by atoms with van der Waals surface area (Å²) in [5.41, 5.74) is 0.700. The zero-order valence-corrected chi connectivity index (χ0v) is 12.1. The van der Waals surface area contributed by atoms with Gasteiger partial charge >= 0.3 is 5.69 Å². The Morgan fingerprint density at radius 2 is 2.16 bits per heavy atom. The molecule has 0 fully saturated rings. The summed E-state index contributed by atoms with van der Waals surface area (Å²) in [4.78, 5) is 14.3. The van der Waals surface area contributed by atoms with Gasteiger partial charge in [0.05, 0.1) is 9.95 Å². The van der Waals surface area contributed by atoms with Crippen molar-refractivity contribution in [2.45, 2.75) is 6.92 Å². The Morgan fingerprint density at radius 3 is 2.84 bits per heavy atom. The Bertz CT molecular complexity index is 649. The van der Waals surface area contributed by atoms with Crippen LogP contribution in [-0.4, -0.2) is 9.91 Å². The van der Waals surface area contributed by atoms with Crippen molar-refractivity contribution in [1.82, 2.24) is 4.98 Å². The molecule has 1 heterocycles. The van der Waals surface area contributed by atoms with E-state index < -0.39 is 4.92 Å². The Hall–Kier alpha value is -1.66. The zero-order valence-electron chi connectivity index (χ0n) is 9.76. The zero-order chi connectivity index (χ0) is 14.0. The maximum absolute atomic E-state index is 10.9. The molecule has 1 aromatic heterocycles. The fraction of sp³-hybridized carbons (Fsp3) is 0.0833. The van der Waals surface area contributed by atoms with Crippen LogP contribution in [-0.2, 0) is 0 Å². The number of hydrogen-bond donors (Lipinski definition) is 0. The van der Waals surface area contributed by atoms with E-state index in [1.54, 1.807) is 12.1 Å². The van der Waals surface area contributed by atoms with Gasteiger partial charge in [0.1, 0.15) is 5.75 Å². The molecule has 0 radical (unpaired) electrons. The highest BCUT2D eigenvalue weighted by atomic mass is 79.9. The number of aromatic nitrogens is 1. The van der Waals surface area contributed by atoms with Crippen molar-refractivity contribution in [3.05, 3.63) is 55.6 Å². The van der Waals surface area contributed by atoms with Crippen LogP contribution in [0, 0.1) is 17.0 Å². The first-order valence-electron chi connectivity index (χ1n) is 5.21. The lowest BCUT2D eigenvalue weighted by atomic mass is 10.2. The van der Waals surface area contributed by atoms with E-state index in [1.807, 2.05) is 13.0 Å². The van der Waals surface area contributed by atoms with Gasteiger partial charge in [-0.1, -0.05) is 17.7 Å². The number of ether oxygens (including phenoxy) is 1. The number of nitro groups is 1. The second-order valence-corrected chi connectivity index (χ2v) is 5.09. The molecule has 0 unspecified atom stereocenters. The molecule has 0 saturated heterocycles. The average Bonchev–Trinajstić information content (AvgIpc) is 2.35. The average molecular weight is 344 g/mol. The van der Waals surface area contributed by atoms with Gasteiger partial charge in [-0.15, -0.1) is 0 Å². The van der Waals surface area contributed by atoms with Crippen LogP contribution < -0.4 is 4.74 Å². The first-order chi connectivity index (χ1) is 8.97. The van der Waals surface area contributed by atoms with Crippen LogP contribution in [0.3, 0.4) is 0 Å². The number of nitrogens with zero attached hydrogens (tertiary/aromatic N) is 2. The second-order valence-electron chi connectivity index (χ2n) is 3.77. The van der Waals surface area contributed by atoms with Crippen LogP contribution in [0.4, 0.5) is 5.69 Å². The lowest BCUT2D eigenvalue weighted by molar-refractivity contribution is -0.386. The van der Waals surface area contributed by atoms with E-state index in [1.165, 1.54) is 12.3 Å². The highest BCUT2D eigenvalue weighted by molar-refractivity contribution is 9.10. The van der Waals surface area contributed by atoms with Crippen molar-refractivity contribution < 1.29 is 9.66 Å². The number of aryl methyl sites for hydroxylation is 1. The van der Waals surface area contributed by atoms with E-state index in [2.05, 4.69) is 20.9 Å². The van der Waals surface area contributed by atoms with Crippen LogP contribution in [0.2, 0.25) is 5.02 Å². The quantitative estimate of drug-likeness (QED) is 0.607. The van der Waals surface area contributed by atoms with Gasteiger partial charge in [-0.05, 0) is 40.5 Å². The molecule has 0 amide bonds. The van der Waals surface area contributed by atoms with E-state index in [-0.39, 0.29) is 11.6 Å². The molecule has 19 heavy (non-hydrogen) atoms. The minimum atomic E-state index is -0.559. The lowest BCUT2D eigenvalue weighted by Gasteiger charge is -2.07. The van der Waals surface area contributed by atoms with Gasteiger partial charge in [-0.3, -0.25) is 10.1 Å². The van der Waals surface area contributed by atoms with Crippen molar-refractivity contribution in [3.63, 3.8) is 0 Å². The van der Waals surface area contributed by atoms with Gasteiger partial charge in [-0.2, -0.15) is 0 Å². The summed E-state index contributed by atoms with van der Waals surface area (Å²) in [5, 5.41) is 11.3. The largest absolute Gasteiger partial charge is 0.432 e. The normalized spacial score (nSPS) is 10.3. The smallest absolute Gasteiger partial charge is 0.332 e. The first kappa shape index (κ1) is 13.8. The first-order valence-corrected chi connectivity index (χ1v) is 6.38. The monoisotopic (exact) mass is 342 g/mol. The second kappa shape index (κ2) is 5.54. The highest BCUT2D eigenvalue weighted by Crippen LogP contribution is 2.34. The molecule has 0 spiro atoms. The van der Waals surface area contributed by atoms with Crippen molar-refractivity contribution in [1.29, 1.82) is 0 Å². The van der Waals surface area contributed by atoms with E-state index in [0.717, 1.165) is 5.56 Å². The molecule has 98 valence electrons. The van der Waals surface area contributed by atoms with Gasteiger partial charge < -0.3 is 4.74 Å². The van der Waals surface area contributed by atoms with Crippen molar-refractivity contribution >= 4 is 33.2 Å². The van der Waals surface area contributed by atoms with Crippen molar-refractivity contribution in [3.8, 4) is 11.6 Å². The number of rotatable bonds is 3. The minimum Gasteiger partial charge on any atom is -0.432 e. The number of halogens is 2. The molecular formula is C12H8BrClN2O3. The minimum absolute atomic E-state index is 0.0966. The van der Waals surface area contributed by atoms with Crippen LogP contribution in [0.1, 0.15) is 5.56 Å². The maximum atomic E-state index is 10.9. The van der Waals surface area contributed by atoms with E-state index in [4.69, 9.17) is 16.3 Å². The molecule has 1 aromatic carbocycles. The van der Waals surface area contributed by atoms with E-state index in [9.17, 15) is 10.1 Å². The SMILES string of the molecule is Cc1ccc(Cl)c(Oc2ncc(Br)cc2[N+](=O)[O-])c1. The molecule has 2 rings (SSSR count). The van der Waals surface area contributed by atoms with Gasteiger partial charge in [0, 0.05) is 16.7 Å². The van der Waals surface area contributed by atoms with Crippen LogP contribution in [0.5, 0.6) is 11.6 Å². The van der Waals surface area contributed by atoms with Gasteiger partial charge in [0.25, 0.3) is 5.88 Å². The van der Waals surface area contributed by atoms with Crippen LogP contribution >= 0.6 is 27.5 Å². The van der Waals surface area contributed by atoms with Crippen LogP contribution in [0.25, 0.3) is 0 Å². The van der Waals surface area contributed by atoms with Gasteiger partial charge in [0.15, 0.2) is 0 Å². The topological polar surface area (TPSA) is 65.3 Å².